The van der Waals surface area contributed by atoms with Crippen LogP contribution < -0.4 is 15.0 Å². The number of benzene rings is 3. The lowest BCUT2D eigenvalue weighted by Crippen LogP contribution is -2.51. The number of carbonyl (C=O) groups is 1. The molecule has 2 unspecified atom stereocenters. The molecule has 3 rings (SSSR count). The number of hydrogen-bond acceptors (Lipinski definition) is 6. The number of methoxy groups -OCH3 is 1. The first-order chi connectivity index (χ1) is 18.9. The highest BCUT2D eigenvalue weighted by Gasteiger charge is 2.31. The Morgan fingerprint density at radius 3 is 2.17 bits per heavy atom. The van der Waals surface area contributed by atoms with E-state index in [4.69, 9.17) is 4.74 Å². The Morgan fingerprint density at radius 2 is 1.60 bits per heavy atom. The van der Waals surface area contributed by atoms with E-state index in [-0.39, 0.29) is 29.8 Å². The van der Waals surface area contributed by atoms with Crippen LogP contribution in [0.3, 0.4) is 0 Å². The van der Waals surface area contributed by atoms with Gasteiger partial charge in [-0.2, -0.15) is 4.31 Å². The zero-order chi connectivity index (χ0) is 29.4. The Balaban J connectivity index is 1.92. The highest BCUT2D eigenvalue weighted by Crippen LogP contribution is 2.23. The molecule has 0 radical (unpaired) electrons. The number of hydrogen-bond donors (Lipinski definition) is 2. The molecule has 0 saturated carbocycles. The summed E-state index contributed by atoms with van der Waals surface area (Å²) in [6, 6.07) is 20.5. The van der Waals surface area contributed by atoms with Gasteiger partial charge in [-0.3, -0.25) is 4.79 Å². The largest absolute Gasteiger partial charge is 0.497 e. The summed E-state index contributed by atoms with van der Waals surface area (Å²) in [5, 5.41) is 14.5. The fraction of sp³-hybridized carbons (Fsp3) is 0.387. The number of ether oxygens (including phenoxy) is 1. The fourth-order valence-electron chi connectivity index (χ4n) is 4.66. The van der Waals surface area contributed by atoms with E-state index in [1.165, 1.54) is 23.5 Å². The number of aliphatic hydroxyl groups is 1. The molecule has 0 aliphatic heterocycles. The molecule has 1 amide bonds. The lowest BCUT2D eigenvalue weighted by molar-refractivity contribution is 0.0775. The molecule has 3 aromatic rings. The van der Waals surface area contributed by atoms with Gasteiger partial charge in [0.1, 0.15) is 5.75 Å². The summed E-state index contributed by atoms with van der Waals surface area (Å²) < 4.78 is 33.8. The van der Waals surface area contributed by atoms with E-state index in [2.05, 4.69) is 5.32 Å². The maximum absolute atomic E-state index is 13.7. The Labute approximate surface area is 238 Å². The van der Waals surface area contributed by atoms with Crippen LogP contribution in [0.25, 0.3) is 0 Å². The predicted octanol–water partition coefficient (Wildman–Crippen LogP) is 4.12. The number of nitrogens with one attached hydrogen (secondary N) is 1. The highest BCUT2D eigenvalue weighted by atomic mass is 32.2. The minimum absolute atomic E-state index is 0.0128. The van der Waals surface area contributed by atoms with Gasteiger partial charge in [0.25, 0.3) is 5.91 Å². The van der Waals surface area contributed by atoms with Gasteiger partial charge in [-0.1, -0.05) is 50.2 Å². The fourth-order valence-corrected chi connectivity index (χ4v) is 6.28. The van der Waals surface area contributed by atoms with Gasteiger partial charge in [0.05, 0.1) is 24.2 Å². The summed E-state index contributed by atoms with van der Waals surface area (Å²) in [6.07, 6.45) is -0.841. The molecule has 8 nitrogen and oxygen atoms in total. The molecule has 0 fully saturated rings. The first-order valence-electron chi connectivity index (χ1n) is 13.4. The minimum Gasteiger partial charge on any atom is -0.497 e. The van der Waals surface area contributed by atoms with Crippen molar-refractivity contribution in [2.24, 2.45) is 5.92 Å². The molecule has 3 aromatic carbocycles. The van der Waals surface area contributed by atoms with Crippen molar-refractivity contribution in [2.75, 3.05) is 39.2 Å². The van der Waals surface area contributed by atoms with Crippen LogP contribution in [-0.2, 0) is 16.4 Å². The van der Waals surface area contributed by atoms with Gasteiger partial charge < -0.3 is 20.1 Å². The third kappa shape index (κ3) is 7.84. The summed E-state index contributed by atoms with van der Waals surface area (Å²) in [5.74, 6) is 0.238. The summed E-state index contributed by atoms with van der Waals surface area (Å²) >= 11 is 0. The topological polar surface area (TPSA) is 99.2 Å². The Morgan fingerprint density at radius 1 is 0.950 bits per heavy atom. The average molecular weight is 568 g/mol. The molecular weight excluding hydrogens is 526 g/mol. The van der Waals surface area contributed by atoms with Crippen molar-refractivity contribution in [1.29, 1.82) is 0 Å². The highest BCUT2D eigenvalue weighted by molar-refractivity contribution is 7.89. The van der Waals surface area contributed by atoms with Crippen LogP contribution in [0.1, 0.15) is 35.3 Å². The van der Waals surface area contributed by atoms with Gasteiger partial charge in [0.15, 0.2) is 0 Å². The molecule has 40 heavy (non-hydrogen) atoms. The molecule has 0 bridgehead atoms. The van der Waals surface area contributed by atoms with Crippen LogP contribution in [-0.4, -0.2) is 70.2 Å². The second-order valence-electron chi connectivity index (χ2n) is 10.6. The Bertz CT molecular complexity index is 1360. The quantitative estimate of drug-likeness (QED) is 0.323. The molecule has 2 N–H and O–H groups in total. The van der Waals surface area contributed by atoms with Gasteiger partial charge in [-0.25, -0.2) is 8.42 Å². The first-order valence-corrected chi connectivity index (χ1v) is 14.8. The summed E-state index contributed by atoms with van der Waals surface area (Å²) in [4.78, 5) is 15.6. The zero-order valence-corrected chi connectivity index (χ0v) is 25.0. The zero-order valence-electron chi connectivity index (χ0n) is 24.2. The van der Waals surface area contributed by atoms with Crippen LogP contribution in [0.4, 0.5) is 5.69 Å². The lowest BCUT2D eigenvalue weighted by atomic mass is 9.99. The molecule has 0 saturated heterocycles. The minimum atomic E-state index is -3.93. The number of nitrogens with zero attached hydrogens (tertiary/aromatic N) is 2. The first kappa shape index (κ1) is 31.1. The molecular formula is C31H41N3O5S. The molecule has 216 valence electrons. The smallest absolute Gasteiger partial charge is 0.251 e. The van der Waals surface area contributed by atoms with Crippen LogP contribution >= 0.6 is 0 Å². The number of anilines is 1. The van der Waals surface area contributed by atoms with E-state index in [9.17, 15) is 18.3 Å². The van der Waals surface area contributed by atoms with Crippen molar-refractivity contribution in [2.45, 2.75) is 44.2 Å². The van der Waals surface area contributed by atoms with Crippen molar-refractivity contribution in [1.82, 2.24) is 9.62 Å². The molecule has 0 aliphatic carbocycles. The van der Waals surface area contributed by atoms with E-state index in [0.717, 1.165) is 16.8 Å². The number of carbonyl (C=O) groups excluding carboxylic acids is 1. The molecule has 0 spiro atoms. The molecule has 9 heteroatoms. The van der Waals surface area contributed by atoms with Crippen LogP contribution in [0.5, 0.6) is 5.75 Å². The number of aliphatic hydroxyl groups excluding tert-OH is 1. The SMILES string of the molecule is COc1ccc(S(=O)(=O)N(CC(C)C)CC(O)C(Cc2ccccc2)NC(=O)c2cccc(N(C)C)c2C)cc1. The lowest BCUT2D eigenvalue weighted by Gasteiger charge is -2.31. The number of sulfonamides is 1. The average Bonchev–Trinajstić information content (AvgIpc) is 2.92. The molecule has 0 heterocycles. The van der Waals surface area contributed by atoms with E-state index >= 15 is 0 Å². The van der Waals surface area contributed by atoms with E-state index < -0.39 is 22.2 Å². The van der Waals surface area contributed by atoms with Gasteiger partial charge in [-0.15, -0.1) is 0 Å². The van der Waals surface area contributed by atoms with Crippen LogP contribution in [0, 0.1) is 12.8 Å². The van der Waals surface area contributed by atoms with Crippen LogP contribution in [0.2, 0.25) is 0 Å². The standard InChI is InChI=1S/C31H41N3O5S/c1-22(2)20-34(40(37,38)26-17-15-25(39-6)16-18-26)21-30(35)28(19-24-11-8-7-9-12-24)32-31(36)27-13-10-14-29(23(27)3)33(4)5/h7-18,22,28,30,35H,19-21H2,1-6H3,(H,32,36). The monoisotopic (exact) mass is 567 g/mol. The number of amides is 1. The predicted molar refractivity (Wildman–Crippen MR) is 160 cm³/mol. The van der Waals surface area contributed by atoms with E-state index in [1.54, 1.807) is 18.2 Å². The van der Waals surface area contributed by atoms with Gasteiger partial charge in [-0.05, 0) is 66.8 Å². The van der Waals surface area contributed by atoms with E-state index in [1.807, 2.05) is 82.2 Å². The molecule has 2 atom stereocenters. The van der Waals surface area contributed by atoms with Gasteiger partial charge in [0, 0.05) is 38.4 Å². The number of rotatable bonds is 13. The Kier molecular flexibility index (Phi) is 10.7. The molecule has 0 aliphatic rings. The third-order valence-corrected chi connectivity index (χ3v) is 8.61. The second-order valence-corrected chi connectivity index (χ2v) is 12.5. The molecule has 0 aromatic heterocycles. The summed E-state index contributed by atoms with van der Waals surface area (Å²) in [7, 11) is 1.42. The van der Waals surface area contributed by atoms with Crippen molar-refractivity contribution < 1.29 is 23.1 Å². The van der Waals surface area contributed by atoms with Crippen molar-refractivity contribution in [3.05, 3.63) is 89.5 Å². The second kappa shape index (κ2) is 13.8. The van der Waals surface area contributed by atoms with Crippen molar-refractivity contribution >= 4 is 21.6 Å². The summed E-state index contributed by atoms with van der Waals surface area (Å²) in [5.41, 5.74) is 3.16. The van der Waals surface area contributed by atoms with Crippen LogP contribution in [0.15, 0.2) is 77.7 Å². The Hall–Kier alpha value is -3.40. The van der Waals surface area contributed by atoms with Gasteiger partial charge >= 0.3 is 0 Å². The van der Waals surface area contributed by atoms with E-state index in [0.29, 0.717) is 17.7 Å². The van der Waals surface area contributed by atoms with Gasteiger partial charge in [0.2, 0.25) is 10.0 Å². The third-order valence-electron chi connectivity index (χ3n) is 6.77. The van der Waals surface area contributed by atoms with Crippen molar-refractivity contribution in [3.63, 3.8) is 0 Å². The maximum atomic E-state index is 13.7. The van der Waals surface area contributed by atoms with Crippen molar-refractivity contribution in [3.8, 4) is 5.75 Å². The maximum Gasteiger partial charge on any atom is 0.251 e. The normalized spacial score (nSPS) is 13.2. The summed E-state index contributed by atoms with van der Waals surface area (Å²) in [6.45, 7) is 5.76.